The Labute approximate surface area is 350 Å². The molecule has 6 aromatic rings. The van der Waals surface area contributed by atoms with E-state index in [2.05, 4.69) is 71.8 Å². The number of nitrogens with zero attached hydrogens (tertiary/aromatic N) is 2. The highest BCUT2D eigenvalue weighted by molar-refractivity contribution is 7.86. The molecule has 0 amide bonds. The summed E-state index contributed by atoms with van der Waals surface area (Å²) < 4.78 is 125. The largest absolute Gasteiger partial charge is 0.744 e. The Morgan fingerprint density at radius 2 is 0.683 bits per heavy atom. The Morgan fingerprint density at radius 3 is 0.917 bits per heavy atom. The molecule has 0 saturated heterocycles. The zero-order valence-corrected chi connectivity index (χ0v) is 35.9. The van der Waals surface area contributed by atoms with Crippen molar-refractivity contribution in [3.05, 3.63) is 168 Å². The maximum absolute atomic E-state index is 10.5. The molecule has 2 aromatic heterocycles. The van der Waals surface area contributed by atoms with E-state index in [0.29, 0.717) is 0 Å². The SMILES string of the molecule is Cc1ccc(S(=O)(=O)O)cc1.Cc1ccc(S(=O)(=O)O)cc1.Cc1cccc[n+]1CC[n+]1ccccc1C.O=S(=O)([O-])c1ccc(O)cc1.O=S(=O)([O-])c1ccc(O)cc1. The van der Waals surface area contributed by atoms with Crippen molar-refractivity contribution in [2.45, 2.75) is 60.4 Å². The summed E-state index contributed by atoms with van der Waals surface area (Å²) in [6, 6.07) is 33.4. The Hall–Kier alpha value is -5.58. The molecule has 0 aliphatic carbocycles. The van der Waals surface area contributed by atoms with Crippen molar-refractivity contribution in [3.63, 3.8) is 0 Å². The molecule has 2 heterocycles. The lowest BCUT2D eigenvalue weighted by molar-refractivity contribution is -0.783. The number of phenols is 2. The minimum Gasteiger partial charge on any atom is -0.744 e. The van der Waals surface area contributed by atoms with Gasteiger partial charge in [-0.05, 0) is 86.6 Å². The number of phenolic OH excluding ortho intramolecular Hbond substituents is 2. The zero-order chi connectivity index (χ0) is 45.3. The minimum atomic E-state index is -4.38. The van der Waals surface area contributed by atoms with Crippen LogP contribution in [0.25, 0.3) is 0 Å². The van der Waals surface area contributed by atoms with Gasteiger partial charge in [0.2, 0.25) is 13.1 Å². The first-order chi connectivity index (χ1) is 27.8. The van der Waals surface area contributed by atoms with E-state index in [1.54, 1.807) is 24.3 Å². The molecule has 0 bridgehead atoms. The third-order valence-electron chi connectivity index (χ3n) is 7.81. The second kappa shape index (κ2) is 22.7. The quantitative estimate of drug-likeness (QED) is 0.125. The van der Waals surface area contributed by atoms with E-state index in [-0.39, 0.29) is 31.1 Å². The number of aryl methyl sites for hydroxylation is 6. The number of benzene rings is 4. The molecule has 4 aromatic carbocycles. The lowest BCUT2D eigenvalue weighted by Crippen LogP contribution is -2.47. The van der Waals surface area contributed by atoms with Crippen molar-refractivity contribution in [2.24, 2.45) is 0 Å². The maximum Gasteiger partial charge on any atom is 0.294 e. The molecule has 16 nitrogen and oxygen atoms in total. The van der Waals surface area contributed by atoms with Crippen molar-refractivity contribution in [1.82, 2.24) is 0 Å². The minimum absolute atomic E-state index is 0.0666. The summed E-state index contributed by atoms with van der Waals surface area (Å²) in [5.41, 5.74) is 4.52. The van der Waals surface area contributed by atoms with E-state index in [0.717, 1.165) is 72.7 Å². The lowest BCUT2D eigenvalue weighted by atomic mass is 10.2. The van der Waals surface area contributed by atoms with Gasteiger partial charge in [-0.3, -0.25) is 9.11 Å². The van der Waals surface area contributed by atoms with E-state index in [1.165, 1.54) is 35.7 Å². The van der Waals surface area contributed by atoms with Crippen LogP contribution >= 0.6 is 0 Å². The monoisotopic (exact) mass is 904 g/mol. The predicted octanol–water partition coefficient (Wildman–Crippen LogP) is 4.65. The fraction of sp³-hybridized carbons (Fsp3) is 0.150. The highest BCUT2D eigenvalue weighted by Crippen LogP contribution is 2.14. The molecule has 0 atom stereocenters. The lowest BCUT2D eigenvalue weighted by Gasteiger charge is -2.05. The van der Waals surface area contributed by atoms with Gasteiger partial charge in [-0.2, -0.15) is 26.0 Å². The molecule has 0 fully saturated rings. The Balaban J connectivity index is 0.000000261. The topological polar surface area (TPSA) is 271 Å². The van der Waals surface area contributed by atoms with Gasteiger partial charge in [-0.15, -0.1) is 0 Å². The molecular formula is C40H44N2O14S4. The van der Waals surface area contributed by atoms with E-state index in [1.807, 2.05) is 13.8 Å². The molecule has 20 heteroatoms. The first-order valence-corrected chi connectivity index (χ1v) is 23.0. The van der Waals surface area contributed by atoms with Crippen LogP contribution < -0.4 is 9.13 Å². The molecule has 0 unspecified atom stereocenters. The number of hydrogen-bond acceptors (Lipinski definition) is 12. The van der Waals surface area contributed by atoms with Crippen LogP contribution in [-0.4, -0.2) is 62.1 Å². The highest BCUT2D eigenvalue weighted by Gasteiger charge is 2.11. The first-order valence-electron chi connectivity index (χ1n) is 17.3. The smallest absolute Gasteiger partial charge is 0.294 e. The summed E-state index contributed by atoms with van der Waals surface area (Å²) >= 11 is 0. The summed E-state index contributed by atoms with van der Waals surface area (Å²) in [5, 5.41) is 17.5. The van der Waals surface area contributed by atoms with Crippen LogP contribution in [0, 0.1) is 27.7 Å². The predicted molar refractivity (Wildman–Crippen MR) is 217 cm³/mol. The number of aromatic nitrogens is 2. The molecule has 60 heavy (non-hydrogen) atoms. The van der Waals surface area contributed by atoms with Gasteiger partial charge in [0.15, 0.2) is 23.8 Å². The number of pyridine rings is 2. The van der Waals surface area contributed by atoms with E-state index < -0.39 is 40.5 Å². The molecule has 0 aliphatic heterocycles. The van der Waals surface area contributed by atoms with Gasteiger partial charge >= 0.3 is 0 Å². The van der Waals surface area contributed by atoms with Crippen molar-refractivity contribution in [1.29, 1.82) is 0 Å². The molecule has 6 rings (SSSR count). The molecule has 0 aliphatic rings. The standard InChI is InChI=1S/C14H18N2.2C7H8O3S.2C6H6O4S/c1-13-7-3-5-9-15(13)11-12-16-10-6-4-8-14(16)2;2*1-6-2-4-7(5-3-6)11(8,9)10;2*7-5-1-3-6(4-2-5)11(8,9)10/h3-10H,11-12H2,1-2H3;2*2-5H,1H3,(H,8,9,10);2*1-4,7H,(H,8,9,10)/q+2;;;;/p-2. The number of aromatic hydroxyl groups is 2. The van der Waals surface area contributed by atoms with Gasteiger partial charge in [0.1, 0.15) is 31.7 Å². The Bertz CT molecular complexity index is 2390. The fourth-order valence-corrected chi connectivity index (χ4v) is 6.39. The normalized spacial score (nSPS) is 11.1. The van der Waals surface area contributed by atoms with Crippen molar-refractivity contribution in [3.8, 4) is 11.5 Å². The summed E-state index contributed by atoms with van der Waals surface area (Å²) in [5.74, 6) is -0.144. The molecular weight excluding hydrogens is 861 g/mol. The van der Waals surface area contributed by atoms with Crippen molar-refractivity contribution < 1.29 is 71.2 Å². The average Bonchev–Trinajstić information content (AvgIpc) is 3.15. The van der Waals surface area contributed by atoms with Crippen LogP contribution in [0.5, 0.6) is 11.5 Å². The molecule has 322 valence electrons. The van der Waals surface area contributed by atoms with Gasteiger partial charge in [0.25, 0.3) is 20.2 Å². The fourth-order valence-electron chi connectivity index (χ4n) is 4.49. The first kappa shape index (κ1) is 50.6. The maximum atomic E-state index is 10.5. The summed E-state index contributed by atoms with van der Waals surface area (Å²) in [6.45, 7) is 10.00. The highest BCUT2D eigenvalue weighted by atomic mass is 32.2. The van der Waals surface area contributed by atoms with Crippen LogP contribution in [0.1, 0.15) is 22.5 Å². The summed E-state index contributed by atoms with van der Waals surface area (Å²) in [4.78, 5) is -0.809. The summed E-state index contributed by atoms with van der Waals surface area (Å²) in [7, 11) is -16.8. The van der Waals surface area contributed by atoms with Crippen LogP contribution in [-0.2, 0) is 53.6 Å². The molecule has 0 saturated carbocycles. The summed E-state index contributed by atoms with van der Waals surface area (Å²) in [6.07, 6.45) is 4.27. The van der Waals surface area contributed by atoms with E-state index in [4.69, 9.17) is 19.3 Å². The third-order valence-corrected chi connectivity index (χ3v) is 11.2. The number of rotatable bonds is 7. The van der Waals surface area contributed by atoms with Gasteiger partial charge < -0.3 is 19.3 Å². The Kier molecular flexibility index (Phi) is 19.1. The molecule has 0 radical (unpaired) electrons. The second-order valence-corrected chi connectivity index (χ2v) is 18.1. The van der Waals surface area contributed by atoms with Crippen molar-refractivity contribution in [2.75, 3.05) is 0 Å². The van der Waals surface area contributed by atoms with Crippen LogP contribution in [0.3, 0.4) is 0 Å². The number of hydrogen-bond donors (Lipinski definition) is 4. The van der Waals surface area contributed by atoms with Crippen LogP contribution in [0.2, 0.25) is 0 Å². The van der Waals surface area contributed by atoms with E-state index >= 15 is 0 Å². The van der Waals surface area contributed by atoms with Gasteiger partial charge in [0.05, 0.1) is 19.6 Å². The molecule has 0 spiro atoms. The molecule has 4 N–H and O–H groups in total. The Morgan fingerprint density at radius 1 is 0.417 bits per heavy atom. The average molecular weight is 905 g/mol. The van der Waals surface area contributed by atoms with Gasteiger partial charge in [0, 0.05) is 38.1 Å². The third kappa shape index (κ3) is 19.0. The van der Waals surface area contributed by atoms with Crippen LogP contribution in [0.15, 0.2) is 165 Å². The van der Waals surface area contributed by atoms with Crippen LogP contribution in [0.4, 0.5) is 0 Å². The van der Waals surface area contributed by atoms with Gasteiger partial charge in [-0.25, -0.2) is 16.8 Å². The van der Waals surface area contributed by atoms with Gasteiger partial charge in [-0.1, -0.05) is 47.5 Å². The second-order valence-electron chi connectivity index (χ2n) is 12.5. The van der Waals surface area contributed by atoms with E-state index in [9.17, 15) is 42.8 Å². The van der Waals surface area contributed by atoms with Crippen molar-refractivity contribution >= 4 is 40.5 Å². The zero-order valence-electron chi connectivity index (χ0n) is 32.7.